The van der Waals surface area contributed by atoms with Crippen LogP contribution in [-0.4, -0.2) is 62.3 Å². The molecule has 1 heterocycles. The topological polar surface area (TPSA) is 119 Å². The second kappa shape index (κ2) is 11.2. The van der Waals surface area contributed by atoms with Gasteiger partial charge >= 0.3 is 5.97 Å². The number of carbonyl (C=O) groups excluding carboxylic acids is 3. The third-order valence-electron chi connectivity index (χ3n) is 7.47. The minimum Gasteiger partial charge on any atom is -0.497 e. The lowest BCUT2D eigenvalue weighted by Crippen LogP contribution is -2.55. The largest absolute Gasteiger partial charge is 0.497 e. The summed E-state index contributed by atoms with van der Waals surface area (Å²) in [5.74, 6) is -0.0321. The van der Waals surface area contributed by atoms with Crippen molar-refractivity contribution < 1.29 is 32.3 Å². The molecule has 2 aromatic rings. The van der Waals surface area contributed by atoms with E-state index in [4.69, 9.17) is 9.47 Å². The van der Waals surface area contributed by atoms with Gasteiger partial charge in [0.05, 0.1) is 18.0 Å². The highest BCUT2D eigenvalue weighted by Gasteiger charge is 2.55. The van der Waals surface area contributed by atoms with E-state index in [0.29, 0.717) is 37.9 Å². The van der Waals surface area contributed by atoms with Gasteiger partial charge in [0.25, 0.3) is 0 Å². The SMILES string of the molecule is COc1ccc(C[C@@H](COC(C)=O)N2C(=O)[C@@H](NS(=O)(=O)c3ccc(C)cc3)CC23CCC(=O)CC3)cc1. The molecule has 1 saturated carbocycles. The first-order chi connectivity index (χ1) is 18.0. The number of nitrogens with zero attached hydrogens (tertiary/aromatic N) is 1. The quantitative estimate of drug-likeness (QED) is 0.484. The molecule has 1 saturated heterocycles. The Morgan fingerprint density at radius 1 is 1.08 bits per heavy atom. The number of benzene rings is 2. The van der Waals surface area contributed by atoms with Crippen molar-refractivity contribution in [3.8, 4) is 5.75 Å². The number of rotatable bonds is 9. The normalized spacial score (nSPS) is 20.0. The Hall–Kier alpha value is -3.24. The summed E-state index contributed by atoms with van der Waals surface area (Å²) in [4.78, 5) is 39.6. The lowest BCUT2D eigenvalue weighted by molar-refractivity contribution is -0.149. The summed E-state index contributed by atoms with van der Waals surface area (Å²) in [7, 11) is -2.39. The molecule has 9 nitrogen and oxygen atoms in total. The first-order valence-corrected chi connectivity index (χ1v) is 14.2. The summed E-state index contributed by atoms with van der Waals surface area (Å²) in [6.07, 6.45) is 2.10. The molecule has 4 rings (SSSR count). The summed E-state index contributed by atoms with van der Waals surface area (Å²) in [6.45, 7) is 3.13. The van der Waals surface area contributed by atoms with Gasteiger partial charge in [-0.25, -0.2) is 8.42 Å². The zero-order valence-corrected chi connectivity index (χ0v) is 22.8. The van der Waals surface area contributed by atoms with E-state index in [1.807, 2.05) is 31.2 Å². The lowest BCUT2D eigenvalue weighted by Gasteiger charge is -2.45. The maximum Gasteiger partial charge on any atom is 0.302 e. The van der Waals surface area contributed by atoms with Gasteiger partial charge in [-0.1, -0.05) is 29.8 Å². The van der Waals surface area contributed by atoms with E-state index in [2.05, 4.69) is 4.72 Å². The number of amides is 1. The Balaban J connectivity index is 1.67. The molecule has 0 unspecified atom stereocenters. The smallest absolute Gasteiger partial charge is 0.302 e. The molecular weight excluding hydrogens is 508 g/mol. The molecule has 0 aromatic heterocycles. The number of carbonyl (C=O) groups is 3. The molecular formula is C28H34N2O7S. The van der Waals surface area contributed by atoms with Crippen molar-refractivity contribution >= 4 is 27.7 Å². The van der Waals surface area contributed by atoms with E-state index >= 15 is 0 Å². The highest BCUT2D eigenvalue weighted by Crippen LogP contribution is 2.43. The van der Waals surface area contributed by atoms with Crippen molar-refractivity contribution in [2.45, 2.75) is 74.9 Å². The second-order valence-corrected chi connectivity index (χ2v) is 11.9. The van der Waals surface area contributed by atoms with E-state index < -0.39 is 33.6 Å². The predicted molar refractivity (Wildman–Crippen MR) is 140 cm³/mol. The van der Waals surface area contributed by atoms with Gasteiger partial charge in [-0.05, 0) is 62.4 Å². The number of Topliss-reactive ketones (excluding diaryl/α,β-unsaturated/α-hetero) is 1. The Labute approximate surface area is 223 Å². The summed E-state index contributed by atoms with van der Waals surface area (Å²) < 4.78 is 39.6. The number of hydrogen-bond acceptors (Lipinski definition) is 7. The highest BCUT2D eigenvalue weighted by atomic mass is 32.2. The number of ketones is 1. The van der Waals surface area contributed by atoms with Crippen LogP contribution >= 0.6 is 0 Å². The molecule has 204 valence electrons. The number of methoxy groups -OCH3 is 1. The Morgan fingerprint density at radius 2 is 1.71 bits per heavy atom. The minimum atomic E-state index is -3.96. The van der Waals surface area contributed by atoms with E-state index in [-0.39, 0.29) is 29.6 Å². The number of ether oxygens (including phenoxy) is 2. The fraction of sp³-hybridized carbons (Fsp3) is 0.464. The van der Waals surface area contributed by atoms with E-state index in [9.17, 15) is 22.8 Å². The second-order valence-electron chi connectivity index (χ2n) is 10.2. The Kier molecular flexibility index (Phi) is 8.22. The van der Waals surface area contributed by atoms with E-state index in [1.54, 1.807) is 24.1 Å². The molecule has 2 aliphatic rings. The average Bonchev–Trinajstić information content (AvgIpc) is 3.14. The molecule has 1 amide bonds. The lowest BCUT2D eigenvalue weighted by atomic mass is 9.78. The van der Waals surface area contributed by atoms with Gasteiger partial charge in [0.1, 0.15) is 24.2 Å². The van der Waals surface area contributed by atoms with Crippen molar-refractivity contribution in [3.05, 3.63) is 59.7 Å². The van der Waals surface area contributed by atoms with Crippen LogP contribution in [-0.2, 0) is 35.6 Å². The Bertz CT molecular complexity index is 1280. The Morgan fingerprint density at radius 3 is 2.29 bits per heavy atom. The number of hydrogen-bond donors (Lipinski definition) is 1. The number of aryl methyl sites for hydroxylation is 1. The zero-order chi connectivity index (χ0) is 27.5. The standard InChI is InChI=1S/C28H34N2O7S/c1-19-4-10-25(11-5-19)38(34,35)29-26-17-28(14-12-23(32)13-15-28)30(27(26)33)22(18-37-20(2)31)16-21-6-8-24(36-3)9-7-21/h4-11,22,26,29H,12-18H2,1-3H3/t22-,26-/m0/s1. The van der Waals surface area contributed by atoms with Crippen molar-refractivity contribution in [2.75, 3.05) is 13.7 Å². The van der Waals surface area contributed by atoms with Crippen molar-refractivity contribution in [1.29, 1.82) is 0 Å². The molecule has 1 spiro atoms. The van der Waals surface area contributed by atoms with Crippen LogP contribution in [0.1, 0.15) is 50.2 Å². The third kappa shape index (κ3) is 6.07. The first-order valence-electron chi connectivity index (χ1n) is 12.7. The summed E-state index contributed by atoms with van der Waals surface area (Å²) in [5.41, 5.74) is 1.11. The number of sulfonamides is 1. The number of likely N-dealkylation sites (tertiary alicyclic amines) is 1. The molecule has 2 fully saturated rings. The molecule has 1 aliphatic heterocycles. The van der Waals surface area contributed by atoms with Crippen LogP contribution < -0.4 is 9.46 Å². The monoisotopic (exact) mass is 542 g/mol. The van der Waals surface area contributed by atoms with Crippen LogP contribution in [0, 0.1) is 6.92 Å². The first kappa shape index (κ1) is 27.8. The zero-order valence-electron chi connectivity index (χ0n) is 21.9. The fourth-order valence-electron chi connectivity index (χ4n) is 5.51. The van der Waals surface area contributed by atoms with Crippen LogP contribution in [0.25, 0.3) is 0 Å². The minimum absolute atomic E-state index is 0.0414. The van der Waals surface area contributed by atoms with Gasteiger partial charge in [0.15, 0.2) is 0 Å². The number of esters is 1. The molecule has 2 aromatic carbocycles. The van der Waals surface area contributed by atoms with Crippen molar-refractivity contribution in [3.63, 3.8) is 0 Å². The van der Waals surface area contributed by atoms with Crippen LogP contribution in [0.5, 0.6) is 5.75 Å². The van der Waals surface area contributed by atoms with Crippen LogP contribution in [0.3, 0.4) is 0 Å². The van der Waals surface area contributed by atoms with E-state index in [0.717, 1.165) is 11.1 Å². The van der Waals surface area contributed by atoms with Crippen molar-refractivity contribution in [2.24, 2.45) is 0 Å². The van der Waals surface area contributed by atoms with Gasteiger partial charge < -0.3 is 14.4 Å². The predicted octanol–water partition coefficient (Wildman–Crippen LogP) is 2.94. The summed E-state index contributed by atoms with van der Waals surface area (Å²) in [6, 6.07) is 12.3. The molecule has 1 aliphatic carbocycles. The maximum absolute atomic E-state index is 14.0. The van der Waals surface area contributed by atoms with Gasteiger partial charge in [0, 0.05) is 25.3 Å². The van der Waals surface area contributed by atoms with Gasteiger partial charge in [-0.3, -0.25) is 14.4 Å². The highest BCUT2D eigenvalue weighted by molar-refractivity contribution is 7.89. The molecule has 1 N–H and O–H groups in total. The summed E-state index contributed by atoms with van der Waals surface area (Å²) >= 11 is 0. The molecule has 38 heavy (non-hydrogen) atoms. The summed E-state index contributed by atoms with van der Waals surface area (Å²) in [5, 5.41) is 0. The van der Waals surface area contributed by atoms with E-state index in [1.165, 1.54) is 19.1 Å². The van der Waals surface area contributed by atoms with Gasteiger partial charge in [0.2, 0.25) is 15.9 Å². The average molecular weight is 543 g/mol. The maximum atomic E-state index is 14.0. The van der Waals surface area contributed by atoms with Crippen LogP contribution in [0.15, 0.2) is 53.4 Å². The third-order valence-corrected chi connectivity index (χ3v) is 8.96. The fourth-order valence-corrected chi connectivity index (χ4v) is 6.70. The number of nitrogens with one attached hydrogen (secondary N) is 1. The molecule has 10 heteroatoms. The van der Waals surface area contributed by atoms with Crippen LogP contribution in [0.4, 0.5) is 0 Å². The van der Waals surface area contributed by atoms with Crippen LogP contribution in [0.2, 0.25) is 0 Å². The van der Waals surface area contributed by atoms with Crippen molar-refractivity contribution in [1.82, 2.24) is 9.62 Å². The molecule has 0 bridgehead atoms. The molecule has 0 radical (unpaired) electrons. The van der Waals surface area contributed by atoms with Gasteiger partial charge in [-0.15, -0.1) is 0 Å². The van der Waals surface area contributed by atoms with Gasteiger partial charge in [-0.2, -0.15) is 4.72 Å². The molecule has 2 atom stereocenters.